The number of carbonyl (C=O) groups is 1. The van der Waals surface area contributed by atoms with Gasteiger partial charge in [0.05, 0.1) is 23.6 Å². The highest BCUT2D eigenvalue weighted by molar-refractivity contribution is 5.68. The first kappa shape index (κ1) is 33.0. The molecule has 2 aliphatic heterocycles. The monoisotopic (exact) mass is 662 g/mol. The number of benzene rings is 2. The van der Waals surface area contributed by atoms with Crippen LogP contribution in [0.25, 0.3) is 22.5 Å². The van der Waals surface area contributed by atoms with E-state index in [0.717, 1.165) is 84.9 Å². The summed E-state index contributed by atoms with van der Waals surface area (Å²) >= 11 is 0. The molecule has 0 bridgehead atoms. The number of carbonyl (C=O) groups excluding carboxylic acids is 1. The molecule has 2 saturated heterocycles. The maximum atomic E-state index is 12.3. The Kier molecular flexibility index (Phi) is 9.75. The predicted octanol–water partition coefficient (Wildman–Crippen LogP) is 6.69. The molecule has 2 aliphatic carbocycles. The van der Waals surface area contributed by atoms with Crippen LogP contribution in [0.1, 0.15) is 46.5 Å². The minimum Gasteiger partial charge on any atom is -0.490 e. The minimum absolute atomic E-state index is 0.191. The molecule has 10 heteroatoms. The number of amides is 1. The lowest BCUT2D eigenvalue weighted by atomic mass is 10.0. The van der Waals surface area contributed by atoms with E-state index in [4.69, 9.17) is 14.2 Å². The Hall–Kier alpha value is -4.57. The van der Waals surface area contributed by atoms with E-state index in [0.29, 0.717) is 17.9 Å². The fraction of sp³-hybridized carbons (Fsp3) is 0.462. The largest absolute Gasteiger partial charge is 0.490 e. The van der Waals surface area contributed by atoms with Gasteiger partial charge in [-0.2, -0.15) is 0 Å². The first-order valence-corrected chi connectivity index (χ1v) is 17.5. The summed E-state index contributed by atoms with van der Waals surface area (Å²) in [5.74, 6) is 4.40. The minimum atomic E-state index is -0.449. The zero-order chi connectivity index (χ0) is 33.8. The van der Waals surface area contributed by atoms with E-state index >= 15 is 0 Å². The lowest BCUT2D eigenvalue weighted by Crippen LogP contribution is -2.36. The summed E-state index contributed by atoms with van der Waals surface area (Å²) in [6.07, 6.45) is 11.3. The van der Waals surface area contributed by atoms with E-state index in [9.17, 15) is 4.79 Å². The molecule has 4 aliphatic rings. The van der Waals surface area contributed by atoms with Gasteiger partial charge in [0.1, 0.15) is 29.8 Å². The number of aromatic nitrogens is 4. The van der Waals surface area contributed by atoms with E-state index in [1.165, 1.54) is 12.8 Å². The SMILES string of the molecule is CC(C)(C)OC(=O)N1C[C@H]2CC(Oc3cccc(-c4ccncn4)c3)C[C@H]2C1.c1cc(OC2C[C@H]3CNC[C@H]3C2)cc(-c2ccncn2)c1. The molecule has 2 aromatic heterocycles. The van der Waals surface area contributed by atoms with Gasteiger partial charge in [0.25, 0.3) is 0 Å². The molecule has 4 heterocycles. The highest BCUT2D eigenvalue weighted by Crippen LogP contribution is 2.41. The maximum Gasteiger partial charge on any atom is 0.410 e. The van der Waals surface area contributed by atoms with E-state index in [1.54, 1.807) is 25.0 Å². The molecule has 1 amide bonds. The lowest BCUT2D eigenvalue weighted by Gasteiger charge is -2.25. The van der Waals surface area contributed by atoms with Gasteiger partial charge in [-0.15, -0.1) is 0 Å². The molecule has 2 aromatic carbocycles. The average molecular weight is 663 g/mol. The lowest BCUT2D eigenvalue weighted by molar-refractivity contribution is 0.0272. The van der Waals surface area contributed by atoms with Crippen molar-refractivity contribution in [2.24, 2.45) is 23.7 Å². The number of likely N-dealkylation sites (tertiary alicyclic amines) is 1. The number of ether oxygens (including phenoxy) is 3. The summed E-state index contributed by atoms with van der Waals surface area (Å²) in [6, 6.07) is 20.1. The first-order valence-electron chi connectivity index (χ1n) is 17.5. The highest BCUT2D eigenvalue weighted by atomic mass is 16.6. The van der Waals surface area contributed by atoms with Crippen molar-refractivity contribution in [3.8, 4) is 34.0 Å². The number of hydrogen-bond donors (Lipinski definition) is 1. The zero-order valence-corrected chi connectivity index (χ0v) is 28.6. The van der Waals surface area contributed by atoms with Gasteiger partial charge >= 0.3 is 6.09 Å². The second-order valence-electron chi connectivity index (χ2n) is 14.8. The van der Waals surface area contributed by atoms with Gasteiger partial charge in [0.15, 0.2) is 0 Å². The molecule has 10 nitrogen and oxygen atoms in total. The molecule has 0 spiro atoms. The van der Waals surface area contributed by atoms with Crippen LogP contribution in [0.15, 0.2) is 85.7 Å². The Morgan fingerprint density at radius 2 is 1.20 bits per heavy atom. The molecule has 49 heavy (non-hydrogen) atoms. The van der Waals surface area contributed by atoms with Gasteiger partial charge in [0.2, 0.25) is 0 Å². The molecule has 2 saturated carbocycles. The van der Waals surface area contributed by atoms with Gasteiger partial charge in [-0.05, 0) is 120 Å². The van der Waals surface area contributed by atoms with Crippen molar-refractivity contribution < 1.29 is 19.0 Å². The van der Waals surface area contributed by atoms with E-state index < -0.39 is 5.60 Å². The van der Waals surface area contributed by atoms with Crippen LogP contribution in [0, 0.1) is 23.7 Å². The summed E-state index contributed by atoms with van der Waals surface area (Å²) in [5, 5.41) is 3.47. The van der Waals surface area contributed by atoms with Crippen LogP contribution in [0.2, 0.25) is 0 Å². The number of fused-ring (bicyclic) bond motifs is 2. The van der Waals surface area contributed by atoms with Gasteiger partial charge in [-0.3, -0.25) is 0 Å². The Balaban J connectivity index is 0.000000160. The Bertz CT molecular complexity index is 1670. The molecule has 256 valence electrons. The van der Waals surface area contributed by atoms with Gasteiger partial charge in [-0.25, -0.2) is 24.7 Å². The predicted molar refractivity (Wildman–Crippen MR) is 187 cm³/mol. The molecule has 4 fully saturated rings. The quantitative estimate of drug-likeness (QED) is 0.241. The van der Waals surface area contributed by atoms with Crippen molar-refractivity contribution in [1.82, 2.24) is 30.2 Å². The van der Waals surface area contributed by atoms with Crippen molar-refractivity contribution in [2.75, 3.05) is 26.2 Å². The number of nitrogens with zero attached hydrogens (tertiary/aromatic N) is 5. The van der Waals surface area contributed by atoms with Crippen LogP contribution < -0.4 is 14.8 Å². The number of rotatable bonds is 6. The van der Waals surface area contributed by atoms with Crippen molar-refractivity contribution in [3.63, 3.8) is 0 Å². The van der Waals surface area contributed by atoms with Crippen LogP contribution in [-0.2, 0) is 4.74 Å². The van der Waals surface area contributed by atoms with E-state index in [-0.39, 0.29) is 12.2 Å². The molecule has 0 radical (unpaired) electrons. The molecule has 1 N–H and O–H groups in total. The fourth-order valence-electron chi connectivity index (χ4n) is 7.79. The summed E-state index contributed by atoms with van der Waals surface area (Å²) in [7, 11) is 0. The standard InChI is InChI=1S/C22H27N3O3.C17H19N3O/c1-22(2,3)28-21(26)25-12-16-10-19(11-17(16)13-25)27-18-6-4-5-15(9-18)20-7-8-23-14-24-20;1-2-12(17-4-5-18-11-20-17)6-15(3-1)21-16-7-13-9-19-10-14(13)8-16/h4-9,14,16-17,19H,10-13H2,1-3H3;1-6,11,13-14,16,19H,7-10H2/t16-,17+,19?;13-,14+,16?. The van der Waals surface area contributed by atoms with Crippen molar-refractivity contribution in [2.45, 2.75) is 64.3 Å². The summed E-state index contributed by atoms with van der Waals surface area (Å²) in [4.78, 5) is 30.7. The third-order valence-corrected chi connectivity index (χ3v) is 10.00. The summed E-state index contributed by atoms with van der Waals surface area (Å²) in [6.45, 7) is 9.56. The number of hydrogen-bond acceptors (Lipinski definition) is 9. The normalized spacial score (nSPS) is 25.6. The maximum absolute atomic E-state index is 12.3. The van der Waals surface area contributed by atoms with Gasteiger partial charge in [0, 0.05) is 36.6 Å². The van der Waals surface area contributed by atoms with Crippen LogP contribution in [0.5, 0.6) is 11.5 Å². The van der Waals surface area contributed by atoms with E-state index in [2.05, 4.69) is 37.4 Å². The van der Waals surface area contributed by atoms with Gasteiger partial charge in [-0.1, -0.05) is 24.3 Å². The van der Waals surface area contributed by atoms with Crippen LogP contribution in [0.4, 0.5) is 4.79 Å². The Morgan fingerprint density at radius 3 is 1.65 bits per heavy atom. The van der Waals surface area contributed by atoms with Crippen LogP contribution >= 0.6 is 0 Å². The van der Waals surface area contributed by atoms with Crippen molar-refractivity contribution in [1.29, 1.82) is 0 Å². The highest BCUT2D eigenvalue weighted by Gasteiger charge is 2.44. The Labute approximate surface area is 288 Å². The molecule has 6 atom stereocenters. The molecular formula is C39H46N6O4. The third-order valence-electron chi connectivity index (χ3n) is 10.00. The second-order valence-corrected chi connectivity index (χ2v) is 14.8. The smallest absolute Gasteiger partial charge is 0.410 e. The Morgan fingerprint density at radius 1 is 0.714 bits per heavy atom. The van der Waals surface area contributed by atoms with Crippen LogP contribution in [-0.4, -0.2) is 74.9 Å². The van der Waals surface area contributed by atoms with Gasteiger partial charge < -0.3 is 24.4 Å². The fourth-order valence-corrected chi connectivity index (χ4v) is 7.79. The molecule has 4 aromatic rings. The molecule has 8 rings (SSSR count). The molecular weight excluding hydrogens is 616 g/mol. The second kappa shape index (κ2) is 14.5. The average Bonchev–Trinajstić information content (AvgIpc) is 3.87. The zero-order valence-electron chi connectivity index (χ0n) is 28.6. The summed E-state index contributed by atoms with van der Waals surface area (Å²) < 4.78 is 18.0. The topological polar surface area (TPSA) is 112 Å². The first-order chi connectivity index (χ1) is 23.8. The summed E-state index contributed by atoms with van der Waals surface area (Å²) in [5.41, 5.74) is 3.47. The molecule has 2 unspecified atom stereocenters. The van der Waals surface area contributed by atoms with Crippen molar-refractivity contribution >= 4 is 6.09 Å². The van der Waals surface area contributed by atoms with E-state index in [1.807, 2.05) is 74.2 Å². The third kappa shape index (κ3) is 8.36. The van der Waals surface area contributed by atoms with Crippen LogP contribution in [0.3, 0.4) is 0 Å². The van der Waals surface area contributed by atoms with Crippen molar-refractivity contribution in [3.05, 3.63) is 85.7 Å². The number of nitrogens with one attached hydrogen (secondary N) is 1.